The van der Waals surface area contributed by atoms with E-state index in [-0.39, 0.29) is 5.78 Å². The van der Waals surface area contributed by atoms with E-state index in [1.807, 2.05) is 30.6 Å². The molecule has 1 N–H and O–H groups in total. The largest absolute Gasteiger partial charge is 0.370 e. The van der Waals surface area contributed by atoms with Gasteiger partial charge >= 0.3 is 0 Å². The maximum absolute atomic E-state index is 11.4. The molecule has 1 aliphatic heterocycles. The zero-order valence-corrected chi connectivity index (χ0v) is 13.4. The van der Waals surface area contributed by atoms with E-state index in [1.165, 1.54) is 17.2 Å². The summed E-state index contributed by atoms with van der Waals surface area (Å²) in [6.45, 7) is 5.34. The highest BCUT2D eigenvalue weighted by Crippen LogP contribution is 2.32. The Morgan fingerprint density at radius 2 is 2.12 bits per heavy atom. The molecule has 0 amide bonds. The summed E-state index contributed by atoms with van der Waals surface area (Å²) in [5.74, 6) is 0.552. The predicted molar refractivity (Wildman–Crippen MR) is 97.1 cm³/mol. The van der Waals surface area contributed by atoms with Crippen molar-refractivity contribution in [1.29, 1.82) is 0 Å². The summed E-state index contributed by atoms with van der Waals surface area (Å²) in [4.78, 5) is 21.5. The molecule has 0 saturated carbocycles. The van der Waals surface area contributed by atoms with Gasteiger partial charge < -0.3 is 9.88 Å². The molecule has 0 radical (unpaired) electrons. The lowest BCUT2D eigenvalue weighted by molar-refractivity contribution is -0.115. The second-order valence-corrected chi connectivity index (χ2v) is 6.30. The number of carbonyl (C=O) groups is 1. The lowest BCUT2D eigenvalue weighted by Crippen LogP contribution is -2.47. The number of hydrogen-bond acceptors (Lipinski definition) is 3. The van der Waals surface area contributed by atoms with E-state index in [1.54, 1.807) is 0 Å². The van der Waals surface area contributed by atoms with Gasteiger partial charge in [0.1, 0.15) is 5.65 Å². The van der Waals surface area contributed by atoms with Crippen LogP contribution in [0.5, 0.6) is 0 Å². The number of ketones is 1. The van der Waals surface area contributed by atoms with Gasteiger partial charge in [0.15, 0.2) is 5.78 Å². The molecule has 0 atom stereocenters. The summed E-state index contributed by atoms with van der Waals surface area (Å²) in [6, 6.07) is 12.5. The molecule has 1 fully saturated rings. The molecule has 0 spiro atoms. The molecule has 0 bridgehead atoms. The maximum atomic E-state index is 11.4. The van der Waals surface area contributed by atoms with Gasteiger partial charge in [0.05, 0.1) is 11.9 Å². The van der Waals surface area contributed by atoms with Gasteiger partial charge in [-0.1, -0.05) is 36.9 Å². The highest BCUT2D eigenvalue weighted by molar-refractivity contribution is 5.95. The molecule has 1 saturated heterocycles. The van der Waals surface area contributed by atoms with Crippen molar-refractivity contribution in [3.8, 4) is 11.1 Å². The first-order valence-electron chi connectivity index (χ1n) is 8.17. The molecular formula is C20H19N3O. The summed E-state index contributed by atoms with van der Waals surface area (Å²) < 4.78 is 0. The van der Waals surface area contributed by atoms with Crippen LogP contribution in [0.25, 0.3) is 22.2 Å². The van der Waals surface area contributed by atoms with Crippen LogP contribution in [0, 0.1) is 5.92 Å². The Kier molecular flexibility index (Phi) is 3.65. The van der Waals surface area contributed by atoms with Gasteiger partial charge in [0.25, 0.3) is 0 Å². The molecule has 4 nitrogen and oxygen atoms in total. The monoisotopic (exact) mass is 317 g/mol. The van der Waals surface area contributed by atoms with Crippen LogP contribution in [0.3, 0.4) is 0 Å². The number of pyridine rings is 1. The number of fused-ring (bicyclic) bond motifs is 1. The van der Waals surface area contributed by atoms with Crippen molar-refractivity contribution < 1.29 is 4.79 Å². The van der Waals surface area contributed by atoms with E-state index in [0.717, 1.165) is 29.8 Å². The summed E-state index contributed by atoms with van der Waals surface area (Å²) >= 11 is 0. The first kappa shape index (κ1) is 14.7. The zero-order chi connectivity index (χ0) is 16.5. The first-order valence-corrected chi connectivity index (χ1v) is 8.17. The highest BCUT2D eigenvalue weighted by atomic mass is 16.1. The molecule has 4 rings (SSSR count). The van der Waals surface area contributed by atoms with Gasteiger partial charge in [-0.05, 0) is 17.7 Å². The minimum Gasteiger partial charge on any atom is -0.370 e. The van der Waals surface area contributed by atoms with Crippen LogP contribution in [0.4, 0.5) is 5.69 Å². The number of nitrogens with one attached hydrogen (secondary N) is 1. The van der Waals surface area contributed by atoms with Crippen molar-refractivity contribution in [2.75, 3.05) is 18.0 Å². The lowest BCUT2D eigenvalue weighted by Gasteiger charge is -2.40. The van der Waals surface area contributed by atoms with Crippen LogP contribution in [-0.2, 0) is 4.79 Å². The lowest BCUT2D eigenvalue weighted by atomic mass is 9.93. The van der Waals surface area contributed by atoms with Crippen LogP contribution in [0.15, 0.2) is 61.4 Å². The van der Waals surface area contributed by atoms with Gasteiger partial charge in [0, 0.05) is 42.6 Å². The Balaban J connectivity index is 1.58. The van der Waals surface area contributed by atoms with Crippen LogP contribution in [-0.4, -0.2) is 28.8 Å². The number of rotatable bonds is 5. The van der Waals surface area contributed by atoms with Gasteiger partial charge in [-0.3, -0.25) is 4.79 Å². The van der Waals surface area contributed by atoms with E-state index in [4.69, 9.17) is 0 Å². The SMILES string of the molecule is C=CC(=O)CC1CN(c2cnc3[nH]cc(-c4ccccc4)c3c2)C1. The summed E-state index contributed by atoms with van der Waals surface area (Å²) in [5, 5.41) is 1.13. The number of H-pyrrole nitrogens is 1. The van der Waals surface area contributed by atoms with E-state index in [0.29, 0.717) is 12.3 Å². The number of benzene rings is 1. The number of anilines is 1. The van der Waals surface area contributed by atoms with Crippen LogP contribution in [0.2, 0.25) is 0 Å². The number of aromatic nitrogens is 2. The zero-order valence-electron chi connectivity index (χ0n) is 13.4. The van der Waals surface area contributed by atoms with Crippen molar-refractivity contribution in [1.82, 2.24) is 9.97 Å². The van der Waals surface area contributed by atoms with Crippen LogP contribution in [0.1, 0.15) is 6.42 Å². The quantitative estimate of drug-likeness (QED) is 0.728. The minimum atomic E-state index is 0.130. The average Bonchev–Trinajstić information content (AvgIpc) is 3.01. The maximum Gasteiger partial charge on any atom is 0.155 e. The third-order valence-electron chi connectivity index (χ3n) is 4.64. The van der Waals surface area contributed by atoms with Crippen LogP contribution < -0.4 is 4.90 Å². The Hall–Kier alpha value is -2.88. The highest BCUT2D eigenvalue weighted by Gasteiger charge is 2.28. The average molecular weight is 317 g/mol. The van der Waals surface area contributed by atoms with E-state index >= 15 is 0 Å². The number of aromatic amines is 1. The molecule has 1 aromatic carbocycles. The minimum absolute atomic E-state index is 0.130. The van der Waals surface area contributed by atoms with E-state index < -0.39 is 0 Å². The fraction of sp³-hybridized carbons (Fsp3) is 0.200. The number of allylic oxidation sites excluding steroid dienone is 1. The van der Waals surface area contributed by atoms with E-state index in [2.05, 4.69) is 39.6 Å². The molecule has 2 aromatic heterocycles. The smallest absolute Gasteiger partial charge is 0.155 e. The Bertz CT molecular complexity index is 892. The third kappa shape index (κ3) is 2.60. The third-order valence-corrected chi connectivity index (χ3v) is 4.64. The summed E-state index contributed by atoms with van der Waals surface area (Å²) in [6.07, 6.45) is 5.93. The summed E-state index contributed by atoms with van der Waals surface area (Å²) in [5.41, 5.74) is 4.36. The second kappa shape index (κ2) is 5.96. The van der Waals surface area contributed by atoms with Crippen molar-refractivity contribution in [2.24, 2.45) is 5.92 Å². The number of nitrogens with zero attached hydrogens (tertiary/aromatic N) is 2. The van der Waals surface area contributed by atoms with Gasteiger partial charge in [0.2, 0.25) is 0 Å². The van der Waals surface area contributed by atoms with Crippen molar-refractivity contribution in [2.45, 2.75) is 6.42 Å². The van der Waals surface area contributed by atoms with Crippen molar-refractivity contribution in [3.05, 3.63) is 61.4 Å². The van der Waals surface area contributed by atoms with Gasteiger partial charge in [-0.25, -0.2) is 4.98 Å². The topological polar surface area (TPSA) is 49.0 Å². The molecule has 1 aliphatic rings. The standard InChI is InChI=1S/C20H19N3O/c1-2-17(24)8-14-12-23(13-14)16-9-18-19(11-22-20(18)21-10-16)15-6-4-3-5-7-15/h2-7,9-11,14H,1,8,12-13H2,(H,21,22). The predicted octanol–water partition coefficient (Wildman–Crippen LogP) is 3.81. The Morgan fingerprint density at radius 1 is 1.33 bits per heavy atom. The number of hydrogen-bond donors (Lipinski definition) is 1. The van der Waals surface area contributed by atoms with Crippen molar-refractivity contribution in [3.63, 3.8) is 0 Å². The molecule has 0 unspecified atom stereocenters. The normalized spacial score (nSPS) is 14.6. The van der Waals surface area contributed by atoms with Crippen molar-refractivity contribution >= 4 is 22.5 Å². The molecule has 3 aromatic rings. The number of carbonyl (C=O) groups excluding carboxylic acids is 1. The Morgan fingerprint density at radius 3 is 2.88 bits per heavy atom. The van der Waals surface area contributed by atoms with Gasteiger partial charge in [-0.15, -0.1) is 0 Å². The molecule has 0 aliphatic carbocycles. The Labute approximate surface area is 140 Å². The molecule has 3 heterocycles. The van der Waals surface area contributed by atoms with Gasteiger partial charge in [-0.2, -0.15) is 0 Å². The second-order valence-electron chi connectivity index (χ2n) is 6.30. The molecule has 4 heteroatoms. The summed E-state index contributed by atoms with van der Waals surface area (Å²) in [7, 11) is 0. The van der Waals surface area contributed by atoms with Crippen LogP contribution >= 0.6 is 0 Å². The fourth-order valence-corrected chi connectivity index (χ4v) is 3.30. The van der Waals surface area contributed by atoms with E-state index in [9.17, 15) is 4.79 Å². The fourth-order valence-electron chi connectivity index (χ4n) is 3.30. The molecular weight excluding hydrogens is 298 g/mol. The first-order chi connectivity index (χ1) is 11.7. The molecule has 24 heavy (non-hydrogen) atoms. The molecule has 120 valence electrons.